The molecule has 2 aliphatic carbocycles. The minimum atomic E-state index is -2.50. The second-order valence-corrected chi connectivity index (χ2v) is 4.75. The fourth-order valence-corrected chi connectivity index (χ4v) is 2.66. The van der Waals surface area contributed by atoms with E-state index in [9.17, 15) is 13.6 Å². The summed E-state index contributed by atoms with van der Waals surface area (Å²) in [4.78, 5) is 11.7. The van der Waals surface area contributed by atoms with Crippen molar-refractivity contribution in [1.29, 1.82) is 0 Å². The first kappa shape index (κ1) is 10.7. The summed E-state index contributed by atoms with van der Waals surface area (Å²) in [5, 5.41) is 0. The first-order chi connectivity index (χ1) is 8.09. The second-order valence-electron chi connectivity index (χ2n) is 4.75. The first-order valence-electron chi connectivity index (χ1n) is 5.73. The zero-order chi connectivity index (χ0) is 12.0. The van der Waals surface area contributed by atoms with Gasteiger partial charge in [-0.1, -0.05) is 18.2 Å². The smallest absolute Gasteiger partial charge is 0.338 e. The Bertz CT molecular complexity index is 430. The van der Waals surface area contributed by atoms with Crippen LogP contribution >= 0.6 is 0 Å². The Hall–Kier alpha value is -1.45. The number of rotatable bonds is 2. The predicted molar refractivity (Wildman–Crippen MR) is 56.8 cm³/mol. The number of hydrogen-bond donors (Lipinski definition) is 0. The van der Waals surface area contributed by atoms with Crippen LogP contribution in [0.3, 0.4) is 0 Å². The van der Waals surface area contributed by atoms with Crippen molar-refractivity contribution < 1.29 is 18.3 Å². The summed E-state index contributed by atoms with van der Waals surface area (Å²) >= 11 is 0. The zero-order valence-electron chi connectivity index (χ0n) is 9.11. The van der Waals surface area contributed by atoms with Crippen LogP contribution in [0.1, 0.15) is 23.2 Å². The highest BCUT2D eigenvalue weighted by Gasteiger charge is 2.72. The van der Waals surface area contributed by atoms with Gasteiger partial charge >= 0.3 is 5.97 Å². The van der Waals surface area contributed by atoms with Gasteiger partial charge in [0.2, 0.25) is 0 Å². The molecular weight excluding hydrogens is 226 g/mol. The van der Waals surface area contributed by atoms with Crippen LogP contribution in [0.15, 0.2) is 30.3 Å². The SMILES string of the molecule is O=C(O[C@H]1C[C@@H]2[C@H](C1)C2(F)F)c1ccccc1. The van der Waals surface area contributed by atoms with Crippen molar-refractivity contribution in [3.63, 3.8) is 0 Å². The van der Waals surface area contributed by atoms with E-state index in [-0.39, 0.29) is 6.10 Å². The van der Waals surface area contributed by atoms with E-state index in [4.69, 9.17) is 4.74 Å². The highest BCUT2D eigenvalue weighted by molar-refractivity contribution is 5.89. The van der Waals surface area contributed by atoms with Crippen molar-refractivity contribution in [2.75, 3.05) is 0 Å². The van der Waals surface area contributed by atoms with Gasteiger partial charge < -0.3 is 4.74 Å². The number of halogens is 2. The maximum atomic E-state index is 12.9. The molecule has 1 aromatic carbocycles. The van der Waals surface area contributed by atoms with E-state index >= 15 is 0 Å². The molecule has 2 aliphatic rings. The zero-order valence-corrected chi connectivity index (χ0v) is 9.11. The number of ether oxygens (including phenoxy) is 1. The maximum absolute atomic E-state index is 12.9. The highest BCUT2D eigenvalue weighted by atomic mass is 19.3. The fraction of sp³-hybridized carbons (Fsp3) is 0.462. The van der Waals surface area contributed by atoms with Gasteiger partial charge in [0.05, 0.1) is 5.56 Å². The van der Waals surface area contributed by atoms with Gasteiger partial charge in [-0.25, -0.2) is 13.6 Å². The van der Waals surface area contributed by atoms with E-state index in [1.807, 2.05) is 6.07 Å². The third kappa shape index (κ3) is 1.72. The minimum absolute atomic E-state index is 0.302. The lowest BCUT2D eigenvalue weighted by Gasteiger charge is -2.15. The fourth-order valence-electron chi connectivity index (χ4n) is 2.66. The highest BCUT2D eigenvalue weighted by Crippen LogP contribution is 2.64. The molecule has 0 amide bonds. The summed E-state index contributed by atoms with van der Waals surface area (Å²) in [6.07, 6.45) is 0.268. The van der Waals surface area contributed by atoms with Gasteiger partial charge in [-0.3, -0.25) is 0 Å². The molecular formula is C13H12F2O2. The molecule has 2 saturated carbocycles. The van der Waals surface area contributed by atoms with Crippen molar-refractivity contribution in [1.82, 2.24) is 0 Å². The van der Waals surface area contributed by atoms with E-state index in [2.05, 4.69) is 0 Å². The van der Waals surface area contributed by atoms with Crippen molar-refractivity contribution >= 4 is 5.97 Å². The molecule has 0 heterocycles. The molecule has 0 spiro atoms. The van der Waals surface area contributed by atoms with Gasteiger partial charge in [0, 0.05) is 11.8 Å². The van der Waals surface area contributed by atoms with Gasteiger partial charge in [0.15, 0.2) is 0 Å². The van der Waals surface area contributed by atoms with Gasteiger partial charge in [-0.15, -0.1) is 0 Å². The molecule has 90 valence electrons. The van der Waals surface area contributed by atoms with E-state index < -0.39 is 23.7 Å². The van der Waals surface area contributed by atoms with Crippen molar-refractivity contribution in [3.05, 3.63) is 35.9 Å². The van der Waals surface area contributed by atoms with E-state index in [1.165, 1.54) is 0 Å². The Balaban J connectivity index is 1.58. The number of carbonyl (C=O) groups is 1. The molecule has 4 heteroatoms. The molecule has 17 heavy (non-hydrogen) atoms. The first-order valence-corrected chi connectivity index (χ1v) is 5.73. The lowest BCUT2D eigenvalue weighted by molar-refractivity contribution is 0.00729. The minimum Gasteiger partial charge on any atom is -0.459 e. The number of carbonyl (C=O) groups excluding carboxylic acids is 1. The predicted octanol–water partition coefficient (Wildman–Crippen LogP) is 2.89. The molecule has 1 aromatic rings. The monoisotopic (exact) mass is 238 g/mol. The molecule has 0 N–H and O–H groups in total. The van der Waals surface area contributed by atoms with Crippen LogP contribution in [-0.2, 0) is 4.74 Å². The van der Waals surface area contributed by atoms with Crippen LogP contribution in [0.4, 0.5) is 8.78 Å². The average molecular weight is 238 g/mol. The van der Waals surface area contributed by atoms with E-state index in [1.54, 1.807) is 24.3 Å². The summed E-state index contributed by atoms with van der Waals surface area (Å²) < 4.78 is 31.1. The van der Waals surface area contributed by atoms with Crippen molar-refractivity contribution in [2.45, 2.75) is 24.9 Å². The summed E-state index contributed by atoms with van der Waals surface area (Å²) in [5.41, 5.74) is 0.472. The second kappa shape index (κ2) is 3.52. The van der Waals surface area contributed by atoms with Crippen molar-refractivity contribution in [3.8, 4) is 0 Å². The number of alkyl halides is 2. The summed E-state index contributed by atoms with van der Waals surface area (Å²) in [5.74, 6) is -4.04. The molecule has 0 radical (unpaired) electrons. The van der Waals surface area contributed by atoms with E-state index in [0.29, 0.717) is 18.4 Å². The number of fused-ring (bicyclic) bond motifs is 1. The van der Waals surface area contributed by atoms with E-state index in [0.717, 1.165) is 0 Å². The van der Waals surface area contributed by atoms with Gasteiger partial charge in [-0.05, 0) is 25.0 Å². The summed E-state index contributed by atoms with van der Waals surface area (Å²) in [7, 11) is 0. The molecule has 3 rings (SSSR count). The largest absolute Gasteiger partial charge is 0.459 e. The number of esters is 1. The molecule has 0 bridgehead atoms. The Morgan fingerprint density at radius 2 is 1.76 bits per heavy atom. The quantitative estimate of drug-likeness (QED) is 0.740. The third-order valence-electron chi connectivity index (χ3n) is 3.68. The Kier molecular flexibility index (Phi) is 2.21. The average Bonchev–Trinajstić information content (AvgIpc) is 2.68. The molecule has 0 aliphatic heterocycles. The van der Waals surface area contributed by atoms with Crippen LogP contribution in [0.2, 0.25) is 0 Å². The lowest BCUT2D eigenvalue weighted by Crippen LogP contribution is -2.20. The molecule has 0 aromatic heterocycles. The number of benzene rings is 1. The lowest BCUT2D eigenvalue weighted by atomic mass is 10.2. The van der Waals surface area contributed by atoms with Gasteiger partial charge in [0.25, 0.3) is 5.92 Å². The van der Waals surface area contributed by atoms with Gasteiger partial charge in [0.1, 0.15) is 6.10 Å². The Morgan fingerprint density at radius 1 is 1.18 bits per heavy atom. The van der Waals surface area contributed by atoms with Crippen molar-refractivity contribution in [2.24, 2.45) is 11.8 Å². The molecule has 3 atom stereocenters. The Labute approximate surface area is 97.6 Å². The molecule has 0 unspecified atom stereocenters. The van der Waals surface area contributed by atoms with Crippen LogP contribution in [0, 0.1) is 11.8 Å². The molecule has 2 nitrogen and oxygen atoms in total. The standard InChI is InChI=1S/C13H12F2O2/c14-13(15)10-6-9(7-11(10)13)17-12(16)8-4-2-1-3-5-8/h1-5,9-11H,6-7H2/t9-,10+,11-. The van der Waals surface area contributed by atoms with Crippen LogP contribution in [0.25, 0.3) is 0 Å². The van der Waals surface area contributed by atoms with Gasteiger partial charge in [-0.2, -0.15) is 0 Å². The topological polar surface area (TPSA) is 26.3 Å². The molecule has 2 fully saturated rings. The summed E-state index contributed by atoms with van der Waals surface area (Å²) in [6, 6.07) is 8.62. The van der Waals surface area contributed by atoms with Crippen LogP contribution in [-0.4, -0.2) is 18.0 Å². The maximum Gasteiger partial charge on any atom is 0.338 e. The molecule has 0 saturated heterocycles. The van der Waals surface area contributed by atoms with Crippen LogP contribution < -0.4 is 0 Å². The number of hydrogen-bond acceptors (Lipinski definition) is 2. The Morgan fingerprint density at radius 3 is 2.35 bits per heavy atom. The third-order valence-corrected chi connectivity index (χ3v) is 3.68. The normalized spacial score (nSPS) is 32.9. The van der Waals surface area contributed by atoms with Crippen LogP contribution in [0.5, 0.6) is 0 Å². The summed E-state index contributed by atoms with van der Waals surface area (Å²) in [6.45, 7) is 0.